The summed E-state index contributed by atoms with van der Waals surface area (Å²) in [5, 5.41) is 1.10. The van der Waals surface area contributed by atoms with Crippen LogP contribution in [-0.2, 0) is 5.88 Å². The molecular formula is C17H14ClNO. The molecule has 0 unspecified atom stereocenters. The topological polar surface area (TPSA) is 22.1 Å². The summed E-state index contributed by atoms with van der Waals surface area (Å²) in [7, 11) is 0. The number of benzene rings is 2. The maximum Gasteiger partial charge on any atom is 0.131 e. The zero-order valence-electron chi connectivity index (χ0n) is 11.1. The van der Waals surface area contributed by atoms with Crippen molar-refractivity contribution < 1.29 is 4.74 Å². The van der Waals surface area contributed by atoms with Crippen LogP contribution in [0.25, 0.3) is 10.9 Å². The lowest BCUT2D eigenvalue weighted by molar-refractivity contribution is 0.479. The Bertz CT molecular complexity index is 755. The summed E-state index contributed by atoms with van der Waals surface area (Å²) in [4.78, 5) is 4.33. The summed E-state index contributed by atoms with van der Waals surface area (Å²) in [6, 6.07) is 15.9. The second-order valence-corrected chi connectivity index (χ2v) is 4.97. The van der Waals surface area contributed by atoms with Gasteiger partial charge in [0.25, 0.3) is 0 Å². The normalized spacial score (nSPS) is 10.7. The van der Waals surface area contributed by atoms with Gasteiger partial charge in [-0.1, -0.05) is 23.8 Å². The quantitative estimate of drug-likeness (QED) is 0.626. The van der Waals surface area contributed by atoms with E-state index in [1.54, 1.807) is 6.20 Å². The van der Waals surface area contributed by atoms with Gasteiger partial charge >= 0.3 is 0 Å². The fraction of sp³-hybridized carbons (Fsp3) is 0.118. The number of aryl methyl sites for hydroxylation is 1. The molecule has 1 heterocycles. The van der Waals surface area contributed by atoms with Crippen LogP contribution in [0, 0.1) is 6.92 Å². The lowest BCUT2D eigenvalue weighted by Crippen LogP contribution is -1.91. The molecular weight excluding hydrogens is 270 g/mol. The van der Waals surface area contributed by atoms with Gasteiger partial charge in [-0.05, 0) is 31.2 Å². The molecule has 0 fully saturated rings. The van der Waals surface area contributed by atoms with Crippen LogP contribution in [0.5, 0.6) is 11.5 Å². The van der Waals surface area contributed by atoms with Gasteiger partial charge in [0.15, 0.2) is 0 Å². The molecule has 1 aromatic heterocycles. The number of nitrogens with zero attached hydrogens (tertiary/aromatic N) is 1. The zero-order valence-corrected chi connectivity index (χ0v) is 11.9. The fourth-order valence-electron chi connectivity index (χ4n) is 2.15. The van der Waals surface area contributed by atoms with Crippen LogP contribution in [0.2, 0.25) is 0 Å². The van der Waals surface area contributed by atoms with Crippen LogP contribution in [0.3, 0.4) is 0 Å². The molecule has 2 nitrogen and oxygen atoms in total. The molecule has 0 amide bonds. The third kappa shape index (κ3) is 2.61. The van der Waals surface area contributed by atoms with Crippen molar-refractivity contribution in [1.29, 1.82) is 0 Å². The first-order valence-corrected chi connectivity index (χ1v) is 6.98. The first kappa shape index (κ1) is 12.9. The van der Waals surface area contributed by atoms with Crippen molar-refractivity contribution >= 4 is 22.5 Å². The standard InChI is InChI=1S/C17H14ClNO/c1-12-4-7-17(14(9-12)11-18)20-15-6-5-13-3-2-8-19-16(13)10-15/h2-10H,11H2,1H3. The molecule has 0 aliphatic rings. The molecule has 20 heavy (non-hydrogen) atoms. The van der Waals surface area contributed by atoms with E-state index in [0.29, 0.717) is 5.88 Å². The minimum absolute atomic E-state index is 0.433. The highest BCUT2D eigenvalue weighted by atomic mass is 35.5. The Morgan fingerprint density at radius 3 is 2.85 bits per heavy atom. The number of hydrogen-bond acceptors (Lipinski definition) is 2. The molecule has 0 radical (unpaired) electrons. The first-order chi connectivity index (χ1) is 9.76. The second-order valence-electron chi connectivity index (χ2n) is 4.70. The Morgan fingerprint density at radius 1 is 1.10 bits per heavy atom. The maximum absolute atomic E-state index is 5.97. The molecule has 0 aliphatic heterocycles. The number of hydrogen-bond donors (Lipinski definition) is 0. The van der Waals surface area contributed by atoms with Crippen molar-refractivity contribution in [2.45, 2.75) is 12.8 Å². The van der Waals surface area contributed by atoms with Crippen molar-refractivity contribution in [3.8, 4) is 11.5 Å². The van der Waals surface area contributed by atoms with Crippen molar-refractivity contribution in [1.82, 2.24) is 4.98 Å². The van der Waals surface area contributed by atoms with Crippen LogP contribution in [0.15, 0.2) is 54.7 Å². The Morgan fingerprint density at radius 2 is 2.00 bits per heavy atom. The van der Waals surface area contributed by atoms with Gasteiger partial charge < -0.3 is 4.74 Å². The van der Waals surface area contributed by atoms with E-state index in [4.69, 9.17) is 16.3 Å². The minimum Gasteiger partial charge on any atom is -0.457 e. The predicted molar refractivity (Wildman–Crippen MR) is 82.6 cm³/mol. The predicted octanol–water partition coefficient (Wildman–Crippen LogP) is 5.07. The molecule has 3 aromatic rings. The van der Waals surface area contributed by atoms with Gasteiger partial charge in [0.05, 0.1) is 11.4 Å². The highest BCUT2D eigenvalue weighted by molar-refractivity contribution is 6.17. The number of halogens is 1. The van der Waals surface area contributed by atoms with Gasteiger partial charge in [0.2, 0.25) is 0 Å². The maximum atomic E-state index is 5.97. The van der Waals surface area contributed by atoms with E-state index in [0.717, 1.165) is 28.0 Å². The van der Waals surface area contributed by atoms with E-state index in [2.05, 4.69) is 4.98 Å². The summed E-state index contributed by atoms with van der Waals surface area (Å²) < 4.78 is 5.94. The molecule has 0 aliphatic carbocycles. The average Bonchev–Trinajstić information content (AvgIpc) is 2.49. The number of aromatic nitrogens is 1. The van der Waals surface area contributed by atoms with Gasteiger partial charge in [0.1, 0.15) is 11.5 Å². The molecule has 2 aromatic carbocycles. The molecule has 0 saturated carbocycles. The summed E-state index contributed by atoms with van der Waals surface area (Å²) >= 11 is 5.97. The number of alkyl halides is 1. The van der Waals surface area contributed by atoms with Gasteiger partial charge in [-0.25, -0.2) is 0 Å². The highest BCUT2D eigenvalue weighted by Crippen LogP contribution is 2.29. The van der Waals surface area contributed by atoms with Crippen molar-refractivity contribution in [3.05, 3.63) is 65.9 Å². The van der Waals surface area contributed by atoms with Crippen LogP contribution in [-0.4, -0.2) is 4.98 Å². The number of pyridine rings is 1. The molecule has 0 atom stereocenters. The molecule has 100 valence electrons. The lowest BCUT2D eigenvalue weighted by atomic mass is 10.1. The van der Waals surface area contributed by atoms with E-state index in [-0.39, 0.29) is 0 Å². The number of rotatable bonds is 3. The molecule has 0 bridgehead atoms. The van der Waals surface area contributed by atoms with Crippen molar-refractivity contribution in [2.24, 2.45) is 0 Å². The Hall–Kier alpha value is -2.06. The molecule has 0 spiro atoms. The largest absolute Gasteiger partial charge is 0.457 e. The third-order valence-corrected chi connectivity index (χ3v) is 3.45. The van der Waals surface area contributed by atoms with Crippen molar-refractivity contribution in [3.63, 3.8) is 0 Å². The summed E-state index contributed by atoms with van der Waals surface area (Å²) in [6.45, 7) is 2.04. The summed E-state index contributed by atoms with van der Waals surface area (Å²) in [5.74, 6) is 2.00. The highest BCUT2D eigenvalue weighted by Gasteiger charge is 2.05. The Balaban J connectivity index is 1.96. The van der Waals surface area contributed by atoms with Crippen LogP contribution in [0.4, 0.5) is 0 Å². The van der Waals surface area contributed by atoms with Gasteiger partial charge in [-0.2, -0.15) is 0 Å². The van der Waals surface area contributed by atoms with E-state index in [1.807, 2.05) is 55.5 Å². The minimum atomic E-state index is 0.433. The molecule has 3 rings (SSSR count). The van der Waals surface area contributed by atoms with E-state index in [9.17, 15) is 0 Å². The zero-order chi connectivity index (χ0) is 13.9. The molecule has 0 saturated heterocycles. The van der Waals surface area contributed by atoms with Crippen LogP contribution < -0.4 is 4.74 Å². The van der Waals surface area contributed by atoms with E-state index in [1.165, 1.54) is 5.56 Å². The number of fused-ring (bicyclic) bond motifs is 1. The third-order valence-electron chi connectivity index (χ3n) is 3.17. The van der Waals surface area contributed by atoms with Crippen molar-refractivity contribution in [2.75, 3.05) is 0 Å². The SMILES string of the molecule is Cc1ccc(Oc2ccc3cccnc3c2)c(CCl)c1. The van der Waals surface area contributed by atoms with E-state index >= 15 is 0 Å². The molecule has 0 N–H and O–H groups in total. The smallest absolute Gasteiger partial charge is 0.131 e. The first-order valence-electron chi connectivity index (χ1n) is 6.44. The van der Waals surface area contributed by atoms with Gasteiger partial charge in [-0.3, -0.25) is 4.98 Å². The second kappa shape index (κ2) is 5.51. The summed E-state index contributed by atoms with van der Waals surface area (Å²) in [5.41, 5.74) is 3.09. The van der Waals surface area contributed by atoms with Crippen LogP contribution >= 0.6 is 11.6 Å². The number of ether oxygens (including phenoxy) is 1. The average molecular weight is 284 g/mol. The molecule has 3 heteroatoms. The Kier molecular flexibility index (Phi) is 3.57. The van der Waals surface area contributed by atoms with Gasteiger partial charge in [0, 0.05) is 23.2 Å². The van der Waals surface area contributed by atoms with Crippen LogP contribution in [0.1, 0.15) is 11.1 Å². The fourth-order valence-corrected chi connectivity index (χ4v) is 2.36. The van der Waals surface area contributed by atoms with E-state index < -0.39 is 0 Å². The van der Waals surface area contributed by atoms with Gasteiger partial charge in [-0.15, -0.1) is 11.6 Å². The Labute approximate surface area is 123 Å². The summed E-state index contributed by atoms with van der Waals surface area (Å²) in [6.07, 6.45) is 1.78. The monoisotopic (exact) mass is 283 g/mol. The lowest BCUT2D eigenvalue weighted by Gasteiger charge is -2.10.